The number of piperidine rings is 1. The average Bonchev–Trinajstić information content (AvgIpc) is 2.77. The molecule has 2 aromatic rings. The fourth-order valence-electron chi connectivity index (χ4n) is 3.40. The van der Waals surface area contributed by atoms with Gasteiger partial charge in [-0.1, -0.05) is 12.1 Å². The average molecular weight is 469 g/mol. The summed E-state index contributed by atoms with van der Waals surface area (Å²) in [5.74, 6) is -1.22. The molecule has 0 spiro atoms. The molecule has 1 fully saturated rings. The molecular weight excluding hydrogens is 442 g/mol. The summed E-state index contributed by atoms with van der Waals surface area (Å²) in [6, 6.07) is 9.76. The number of halogens is 2. The number of para-hydroxylation sites is 2. The van der Waals surface area contributed by atoms with Crippen molar-refractivity contribution in [3.63, 3.8) is 0 Å². The molecule has 1 N–H and O–H groups in total. The van der Waals surface area contributed by atoms with Gasteiger partial charge in [0.25, 0.3) is 0 Å². The molecule has 0 atom stereocenters. The number of carbonyl (C=O) groups excluding carboxylic acids is 1. The van der Waals surface area contributed by atoms with Crippen LogP contribution < -0.4 is 14.2 Å². The monoisotopic (exact) mass is 468 g/mol. The van der Waals surface area contributed by atoms with Crippen molar-refractivity contribution in [3.8, 4) is 11.5 Å². The van der Waals surface area contributed by atoms with Gasteiger partial charge in [-0.15, -0.1) is 0 Å². The van der Waals surface area contributed by atoms with Crippen molar-refractivity contribution >= 4 is 15.9 Å². The number of sulfonamides is 1. The lowest BCUT2D eigenvalue weighted by Crippen LogP contribution is -2.42. The number of amides is 1. The number of likely N-dealkylation sites (tertiary alicyclic amines) is 1. The summed E-state index contributed by atoms with van der Waals surface area (Å²) in [5, 5.41) is 0. The van der Waals surface area contributed by atoms with Crippen LogP contribution in [-0.2, 0) is 14.8 Å². The number of rotatable bonds is 9. The Bertz CT molecular complexity index is 1040. The van der Waals surface area contributed by atoms with E-state index in [0.717, 1.165) is 12.1 Å². The summed E-state index contributed by atoms with van der Waals surface area (Å²) in [5.41, 5.74) is 0. The van der Waals surface area contributed by atoms with Crippen LogP contribution in [0.15, 0.2) is 47.4 Å². The molecule has 174 valence electrons. The maximum Gasteiger partial charge on any atom is 0.240 e. The minimum Gasteiger partial charge on any atom is -0.490 e. The second-order valence-electron chi connectivity index (χ2n) is 7.30. The van der Waals surface area contributed by atoms with E-state index >= 15 is 0 Å². The fraction of sp³-hybridized carbons (Fsp3) is 0.409. The van der Waals surface area contributed by atoms with Gasteiger partial charge in [0.2, 0.25) is 15.9 Å². The molecule has 7 nitrogen and oxygen atoms in total. The summed E-state index contributed by atoms with van der Waals surface area (Å²) >= 11 is 0. The molecule has 0 aromatic heterocycles. The molecule has 10 heteroatoms. The van der Waals surface area contributed by atoms with Crippen LogP contribution in [0.1, 0.15) is 26.2 Å². The highest BCUT2D eigenvalue weighted by Gasteiger charge is 2.25. The molecule has 3 rings (SSSR count). The minimum absolute atomic E-state index is 0.0401. The van der Waals surface area contributed by atoms with E-state index in [9.17, 15) is 22.0 Å². The van der Waals surface area contributed by atoms with Crippen molar-refractivity contribution in [2.24, 2.45) is 0 Å². The van der Waals surface area contributed by atoms with E-state index in [0.29, 0.717) is 50.1 Å². The van der Waals surface area contributed by atoms with E-state index in [-0.39, 0.29) is 25.0 Å². The molecule has 0 bridgehead atoms. The van der Waals surface area contributed by atoms with E-state index in [1.165, 1.54) is 0 Å². The zero-order valence-electron chi connectivity index (χ0n) is 17.7. The van der Waals surface area contributed by atoms with Crippen LogP contribution in [0.2, 0.25) is 0 Å². The van der Waals surface area contributed by atoms with Crippen molar-refractivity contribution in [2.45, 2.75) is 37.2 Å². The predicted molar refractivity (Wildman–Crippen MR) is 114 cm³/mol. The van der Waals surface area contributed by atoms with Crippen LogP contribution in [0.25, 0.3) is 0 Å². The Labute approximate surface area is 186 Å². The summed E-state index contributed by atoms with van der Waals surface area (Å²) in [6.45, 7) is 3.29. The molecule has 1 amide bonds. The van der Waals surface area contributed by atoms with Gasteiger partial charge >= 0.3 is 0 Å². The van der Waals surface area contributed by atoms with Gasteiger partial charge in [0.15, 0.2) is 23.1 Å². The maximum atomic E-state index is 13.3. The van der Waals surface area contributed by atoms with Crippen LogP contribution >= 0.6 is 0 Å². The number of nitrogens with zero attached hydrogens (tertiary/aromatic N) is 1. The number of ether oxygens (including phenoxy) is 2. The number of hydrogen-bond acceptors (Lipinski definition) is 5. The summed E-state index contributed by atoms with van der Waals surface area (Å²) < 4.78 is 64.5. The number of hydrogen-bond donors (Lipinski definition) is 1. The summed E-state index contributed by atoms with van der Waals surface area (Å²) in [4.78, 5) is 13.7. The normalized spacial score (nSPS) is 14.9. The summed E-state index contributed by atoms with van der Waals surface area (Å²) in [7, 11) is -4.04. The smallest absolute Gasteiger partial charge is 0.240 e. The first-order chi connectivity index (χ1) is 15.3. The zero-order valence-corrected chi connectivity index (χ0v) is 18.5. The van der Waals surface area contributed by atoms with Gasteiger partial charge in [-0.25, -0.2) is 21.9 Å². The lowest BCUT2D eigenvalue weighted by atomic mass is 10.1. The first kappa shape index (κ1) is 23.9. The molecule has 0 unspecified atom stereocenters. The third-order valence-electron chi connectivity index (χ3n) is 5.07. The van der Waals surface area contributed by atoms with Crippen molar-refractivity contribution in [2.75, 3.05) is 26.2 Å². The Morgan fingerprint density at radius 1 is 1.09 bits per heavy atom. The van der Waals surface area contributed by atoms with E-state index in [1.807, 2.05) is 31.2 Å². The summed E-state index contributed by atoms with van der Waals surface area (Å²) in [6.07, 6.45) is 1.20. The highest BCUT2D eigenvalue weighted by Crippen LogP contribution is 2.29. The Morgan fingerprint density at radius 3 is 2.44 bits per heavy atom. The van der Waals surface area contributed by atoms with Crippen molar-refractivity contribution in [3.05, 3.63) is 54.1 Å². The van der Waals surface area contributed by atoms with Gasteiger partial charge in [0.1, 0.15) is 6.10 Å². The molecule has 32 heavy (non-hydrogen) atoms. The molecule has 1 saturated heterocycles. The van der Waals surface area contributed by atoms with Crippen LogP contribution in [0.4, 0.5) is 8.78 Å². The van der Waals surface area contributed by atoms with E-state index in [2.05, 4.69) is 4.72 Å². The van der Waals surface area contributed by atoms with Crippen molar-refractivity contribution in [1.29, 1.82) is 0 Å². The fourth-order valence-corrected chi connectivity index (χ4v) is 4.45. The second-order valence-corrected chi connectivity index (χ2v) is 9.07. The number of benzene rings is 2. The van der Waals surface area contributed by atoms with Crippen molar-refractivity contribution in [1.82, 2.24) is 9.62 Å². The third kappa shape index (κ3) is 6.17. The first-order valence-corrected chi connectivity index (χ1v) is 11.9. The molecule has 0 aliphatic carbocycles. The highest BCUT2D eigenvalue weighted by molar-refractivity contribution is 7.89. The first-order valence-electron chi connectivity index (χ1n) is 10.4. The van der Waals surface area contributed by atoms with Crippen LogP contribution in [-0.4, -0.2) is 51.6 Å². The standard InChI is InChI=1S/C22H26F2N2O5S/c1-2-30-20-5-3-4-6-21(20)31-16-10-13-26(14-11-16)22(27)9-12-25-32(28,29)17-7-8-18(23)19(24)15-17/h3-8,15-16,25H,2,9-14H2,1H3. The van der Waals surface area contributed by atoms with E-state index in [1.54, 1.807) is 4.90 Å². The Hall–Kier alpha value is -2.72. The lowest BCUT2D eigenvalue weighted by Gasteiger charge is -2.32. The maximum absolute atomic E-state index is 13.3. The van der Waals surface area contributed by atoms with Gasteiger partial charge in [-0.2, -0.15) is 0 Å². The molecule has 0 saturated carbocycles. The van der Waals surface area contributed by atoms with Crippen LogP contribution in [0, 0.1) is 11.6 Å². The van der Waals surface area contributed by atoms with E-state index in [4.69, 9.17) is 9.47 Å². The molecule has 2 aromatic carbocycles. The molecule has 1 aliphatic heterocycles. The van der Waals surface area contributed by atoms with Gasteiger partial charge < -0.3 is 14.4 Å². The minimum atomic E-state index is -4.04. The SMILES string of the molecule is CCOc1ccccc1OC1CCN(C(=O)CCNS(=O)(=O)c2ccc(F)c(F)c2)CC1. The van der Waals surface area contributed by atoms with Gasteiger partial charge in [-0.05, 0) is 37.3 Å². The molecule has 1 aliphatic rings. The Balaban J connectivity index is 1.45. The molecular formula is C22H26F2N2O5S. The molecule has 0 radical (unpaired) electrons. The number of nitrogens with one attached hydrogen (secondary N) is 1. The highest BCUT2D eigenvalue weighted by atomic mass is 32.2. The largest absolute Gasteiger partial charge is 0.490 e. The molecule has 1 heterocycles. The Morgan fingerprint density at radius 2 is 1.78 bits per heavy atom. The van der Waals surface area contributed by atoms with Gasteiger partial charge in [-0.3, -0.25) is 4.79 Å². The predicted octanol–water partition coefficient (Wildman–Crippen LogP) is 3.10. The van der Waals surface area contributed by atoms with Gasteiger partial charge in [0.05, 0.1) is 11.5 Å². The number of carbonyl (C=O) groups is 1. The van der Waals surface area contributed by atoms with Crippen LogP contribution in [0.3, 0.4) is 0 Å². The zero-order chi connectivity index (χ0) is 23.1. The third-order valence-corrected chi connectivity index (χ3v) is 6.53. The van der Waals surface area contributed by atoms with E-state index < -0.39 is 26.6 Å². The quantitative estimate of drug-likeness (QED) is 0.611. The second kappa shape index (κ2) is 10.7. The topological polar surface area (TPSA) is 84.9 Å². The lowest BCUT2D eigenvalue weighted by molar-refractivity contribution is -0.132. The van der Waals surface area contributed by atoms with Crippen LogP contribution in [0.5, 0.6) is 11.5 Å². The van der Waals surface area contributed by atoms with Crippen molar-refractivity contribution < 1.29 is 31.5 Å². The van der Waals surface area contributed by atoms with Gasteiger partial charge in [0, 0.05) is 38.9 Å². The Kier molecular flexibility index (Phi) is 8.03.